The molecule has 1 unspecified atom stereocenters. The lowest BCUT2D eigenvalue weighted by Crippen LogP contribution is -2.21. The van der Waals surface area contributed by atoms with Crippen LogP contribution in [-0.4, -0.2) is 18.3 Å². The quantitative estimate of drug-likeness (QED) is 0.905. The Hall–Kier alpha value is -0.0900. The molecule has 0 spiro atoms. The Morgan fingerprint density at radius 2 is 2.00 bits per heavy atom. The molecule has 0 amide bonds. The summed E-state index contributed by atoms with van der Waals surface area (Å²) in [5.41, 5.74) is 0.881. The first-order chi connectivity index (χ1) is 7.66. The van der Waals surface area contributed by atoms with Crippen LogP contribution in [0, 0.1) is 5.92 Å². The minimum Gasteiger partial charge on any atom is -0.388 e. The van der Waals surface area contributed by atoms with Gasteiger partial charge >= 0.3 is 0 Å². The van der Waals surface area contributed by atoms with E-state index in [-0.39, 0.29) is 5.92 Å². The van der Waals surface area contributed by atoms with Crippen LogP contribution in [0.15, 0.2) is 22.7 Å². The molecule has 1 aliphatic rings. The van der Waals surface area contributed by atoms with Crippen molar-refractivity contribution in [1.82, 2.24) is 0 Å². The van der Waals surface area contributed by atoms with E-state index in [1.165, 1.54) is 0 Å². The molecule has 1 atom stereocenters. The molecule has 1 aromatic rings. The highest BCUT2D eigenvalue weighted by molar-refractivity contribution is 9.10. The van der Waals surface area contributed by atoms with Gasteiger partial charge in [0.25, 0.3) is 0 Å². The Balaban J connectivity index is 2.15. The van der Waals surface area contributed by atoms with E-state index in [0.29, 0.717) is 5.02 Å². The number of ether oxygens (including phenoxy) is 1. The second kappa shape index (κ2) is 5.50. The summed E-state index contributed by atoms with van der Waals surface area (Å²) in [6, 6.07) is 5.57. The lowest BCUT2D eigenvalue weighted by Gasteiger charge is -2.27. The second-order valence-corrected chi connectivity index (χ2v) is 5.45. The SMILES string of the molecule is OC(c1cc(Cl)cc(Br)c1)C1CCOCC1. The van der Waals surface area contributed by atoms with E-state index in [1.54, 1.807) is 0 Å². The fourth-order valence-corrected chi connectivity index (χ4v) is 2.94. The first-order valence-electron chi connectivity index (χ1n) is 5.38. The largest absolute Gasteiger partial charge is 0.388 e. The lowest BCUT2D eigenvalue weighted by molar-refractivity contribution is 0.00717. The van der Waals surface area contributed by atoms with Gasteiger partial charge in [0.15, 0.2) is 0 Å². The summed E-state index contributed by atoms with van der Waals surface area (Å²) in [5, 5.41) is 10.9. The van der Waals surface area contributed by atoms with Gasteiger partial charge in [0.2, 0.25) is 0 Å². The molecular formula is C12H14BrClO2. The molecule has 1 N–H and O–H groups in total. The van der Waals surface area contributed by atoms with Crippen molar-refractivity contribution in [3.05, 3.63) is 33.3 Å². The summed E-state index contributed by atoms with van der Waals surface area (Å²) in [7, 11) is 0. The lowest BCUT2D eigenvalue weighted by atomic mass is 9.89. The predicted molar refractivity (Wildman–Crippen MR) is 67.7 cm³/mol. The monoisotopic (exact) mass is 304 g/mol. The van der Waals surface area contributed by atoms with Gasteiger partial charge in [-0.1, -0.05) is 27.5 Å². The fraction of sp³-hybridized carbons (Fsp3) is 0.500. The zero-order valence-corrected chi connectivity index (χ0v) is 11.2. The van der Waals surface area contributed by atoms with Crippen LogP contribution in [0.4, 0.5) is 0 Å². The highest BCUT2D eigenvalue weighted by Crippen LogP contribution is 2.32. The molecule has 4 heteroatoms. The van der Waals surface area contributed by atoms with Crippen molar-refractivity contribution in [2.45, 2.75) is 18.9 Å². The van der Waals surface area contributed by atoms with Crippen LogP contribution in [0.2, 0.25) is 5.02 Å². The van der Waals surface area contributed by atoms with Gasteiger partial charge in [-0.2, -0.15) is 0 Å². The number of aliphatic hydroxyl groups is 1. The van der Waals surface area contributed by atoms with Crippen molar-refractivity contribution in [3.8, 4) is 0 Å². The van der Waals surface area contributed by atoms with Gasteiger partial charge in [0, 0.05) is 22.7 Å². The van der Waals surface area contributed by atoms with Crippen LogP contribution < -0.4 is 0 Å². The van der Waals surface area contributed by atoms with Crippen LogP contribution >= 0.6 is 27.5 Å². The number of hydrogen-bond donors (Lipinski definition) is 1. The Bertz CT molecular complexity index is 344. The standard InChI is InChI=1S/C12H14BrClO2/c13-10-5-9(6-11(14)7-10)12(15)8-1-3-16-4-2-8/h5-8,12,15H,1-4H2. The van der Waals surface area contributed by atoms with Crippen molar-refractivity contribution in [2.24, 2.45) is 5.92 Å². The number of halogens is 2. The van der Waals surface area contributed by atoms with Gasteiger partial charge in [-0.15, -0.1) is 0 Å². The maximum absolute atomic E-state index is 10.3. The van der Waals surface area contributed by atoms with Crippen LogP contribution in [0.1, 0.15) is 24.5 Å². The summed E-state index contributed by atoms with van der Waals surface area (Å²) in [5.74, 6) is 0.277. The minimum atomic E-state index is -0.445. The highest BCUT2D eigenvalue weighted by Gasteiger charge is 2.23. The number of aliphatic hydroxyl groups excluding tert-OH is 1. The van der Waals surface area contributed by atoms with E-state index < -0.39 is 6.10 Å². The Morgan fingerprint density at radius 1 is 1.31 bits per heavy atom. The average Bonchev–Trinajstić information content (AvgIpc) is 2.28. The predicted octanol–water partition coefficient (Wildman–Crippen LogP) is 3.56. The van der Waals surface area contributed by atoms with Gasteiger partial charge < -0.3 is 9.84 Å². The van der Waals surface area contributed by atoms with E-state index in [2.05, 4.69) is 15.9 Å². The maximum atomic E-state index is 10.3. The summed E-state index contributed by atoms with van der Waals surface area (Å²) < 4.78 is 6.19. The molecule has 0 bridgehead atoms. The molecule has 2 nitrogen and oxygen atoms in total. The molecule has 1 heterocycles. The van der Waals surface area contributed by atoms with Crippen LogP contribution in [0.25, 0.3) is 0 Å². The van der Waals surface area contributed by atoms with Crippen molar-refractivity contribution < 1.29 is 9.84 Å². The van der Waals surface area contributed by atoms with E-state index in [4.69, 9.17) is 16.3 Å². The van der Waals surface area contributed by atoms with Crippen molar-refractivity contribution in [1.29, 1.82) is 0 Å². The molecule has 0 aromatic heterocycles. The molecule has 0 aliphatic carbocycles. The maximum Gasteiger partial charge on any atom is 0.0820 e. The van der Waals surface area contributed by atoms with Crippen LogP contribution in [0.5, 0.6) is 0 Å². The Kier molecular flexibility index (Phi) is 4.25. The smallest absolute Gasteiger partial charge is 0.0820 e. The number of benzene rings is 1. The topological polar surface area (TPSA) is 29.5 Å². The Morgan fingerprint density at radius 3 is 2.62 bits per heavy atom. The van der Waals surface area contributed by atoms with Crippen molar-refractivity contribution in [2.75, 3.05) is 13.2 Å². The molecule has 1 aromatic carbocycles. The second-order valence-electron chi connectivity index (χ2n) is 4.10. The molecule has 16 heavy (non-hydrogen) atoms. The average molecular weight is 306 g/mol. The molecule has 0 saturated carbocycles. The first-order valence-corrected chi connectivity index (χ1v) is 6.56. The molecule has 88 valence electrons. The van der Waals surface area contributed by atoms with Gasteiger partial charge in [0.05, 0.1) is 6.10 Å². The molecule has 0 radical (unpaired) electrons. The molecule has 2 rings (SSSR count). The van der Waals surface area contributed by atoms with Gasteiger partial charge in [-0.3, -0.25) is 0 Å². The minimum absolute atomic E-state index is 0.277. The highest BCUT2D eigenvalue weighted by atomic mass is 79.9. The van der Waals surface area contributed by atoms with E-state index >= 15 is 0 Å². The van der Waals surface area contributed by atoms with E-state index in [0.717, 1.165) is 36.1 Å². The van der Waals surface area contributed by atoms with Crippen LogP contribution in [0.3, 0.4) is 0 Å². The molecule has 1 fully saturated rings. The summed E-state index contributed by atoms with van der Waals surface area (Å²) >= 11 is 9.35. The number of rotatable bonds is 2. The third-order valence-electron chi connectivity index (χ3n) is 2.94. The summed E-state index contributed by atoms with van der Waals surface area (Å²) in [6.07, 6.45) is 1.37. The molecular weight excluding hydrogens is 291 g/mol. The van der Waals surface area contributed by atoms with E-state index in [1.807, 2.05) is 18.2 Å². The van der Waals surface area contributed by atoms with Crippen molar-refractivity contribution >= 4 is 27.5 Å². The van der Waals surface area contributed by atoms with Gasteiger partial charge in [-0.05, 0) is 42.5 Å². The Labute approximate surface area is 109 Å². The normalized spacial score (nSPS) is 19.7. The zero-order valence-electron chi connectivity index (χ0n) is 8.83. The van der Waals surface area contributed by atoms with Gasteiger partial charge in [0.1, 0.15) is 0 Å². The van der Waals surface area contributed by atoms with Crippen molar-refractivity contribution in [3.63, 3.8) is 0 Å². The zero-order chi connectivity index (χ0) is 11.5. The van der Waals surface area contributed by atoms with Crippen LogP contribution in [-0.2, 0) is 4.74 Å². The van der Waals surface area contributed by atoms with Gasteiger partial charge in [-0.25, -0.2) is 0 Å². The third-order valence-corrected chi connectivity index (χ3v) is 3.61. The molecule has 1 saturated heterocycles. The van der Waals surface area contributed by atoms with E-state index in [9.17, 15) is 5.11 Å². The summed E-state index contributed by atoms with van der Waals surface area (Å²) in [4.78, 5) is 0. The molecule has 1 aliphatic heterocycles. The number of hydrogen-bond acceptors (Lipinski definition) is 2. The third kappa shape index (κ3) is 2.98. The fourth-order valence-electron chi connectivity index (χ4n) is 2.05. The first kappa shape index (κ1) is 12.4. The summed E-state index contributed by atoms with van der Waals surface area (Å²) in [6.45, 7) is 1.48.